The SMILES string of the molecule is Cc1ccc(C(=O)Nc2cc(S(=O)(=O)N3CCOCC3)ccc2N2CCCC2)cn1. The zero-order valence-electron chi connectivity index (χ0n) is 17.0. The van der Waals surface area contributed by atoms with Gasteiger partial charge in [0.2, 0.25) is 10.0 Å². The van der Waals surface area contributed by atoms with E-state index in [4.69, 9.17) is 4.74 Å². The zero-order valence-corrected chi connectivity index (χ0v) is 17.8. The van der Waals surface area contributed by atoms with Gasteiger partial charge >= 0.3 is 0 Å². The number of nitrogens with one attached hydrogen (secondary N) is 1. The molecule has 0 bridgehead atoms. The molecule has 0 saturated carbocycles. The summed E-state index contributed by atoms with van der Waals surface area (Å²) in [6.45, 7) is 5.03. The highest BCUT2D eigenvalue weighted by molar-refractivity contribution is 7.89. The molecule has 1 N–H and O–H groups in total. The number of nitrogens with zero attached hydrogens (tertiary/aromatic N) is 3. The first kappa shape index (κ1) is 20.8. The largest absolute Gasteiger partial charge is 0.379 e. The summed E-state index contributed by atoms with van der Waals surface area (Å²) in [7, 11) is -3.66. The molecule has 2 aliphatic rings. The van der Waals surface area contributed by atoms with Gasteiger partial charge in [0.15, 0.2) is 0 Å². The molecule has 160 valence electrons. The van der Waals surface area contributed by atoms with Crippen molar-refractivity contribution in [3.05, 3.63) is 47.8 Å². The second kappa shape index (κ2) is 8.71. The Bertz CT molecular complexity index is 1010. The zero-order chi connectivity index (χ0) is 21.1. The minimum absolute atomic E-state index is 0.171. The lowest BCUT2D eigenvalue weighted by atomic mass is 10.2. The normalized spacial score (nSPS) is 17.8. The number of carbonyl (C=O) groups is 1. The standard InChI is InChI=1S/C21H26N4O4S/c1-16-4-5-17(15-22-16)21(26)23-19-14-18(6-7-20(19)24-8-2-3-9-24)30(27,28)25-10-12-29-13-11-25/h4-7,14-15H,2-3,8-13H2,1H3,(H,23,26). The van der Waals surface area contributed by atoms with E-state index in [2.05, 4.69) is 15.2 Å². The highest BCUT2D eigenvalue weighted by atomic mass is 32.2. The fourth-order valence-electron chi connectivity index (χ4n) is 3.74. The molecule has 0 atom stereocenters. The molecule has 9 heteroatoms. The fraction of sp³-hybridized carbons (Fsp3) is 0.429. The number of anilines is 2. The Morgan fingerprint density at radius 1 is 1.07 bits per heavy atom. The molecule has 2 saturated heterocycles. The molecule has 8 nitrogen and oxygen atoms in total. The van der Waals surface area contributed by atoms with Crippen molar-refractivity contribution >= 4 is 27.3 Å². The van der Waals surface area contributed by atoms with Crippen LogP contribution in [-0.4, -0.2) is 63.0 Å². The molecule has 0 aliphatic carbocycles. The van der Waals surface area contributed by atoms with Gasteiger partial charge < -0.3 is 15.0 Å². The number of aryl methyl sites for hydroxylation is 1. The van der Waals surface area contributed by atoms with Crippen LogP contribution in [-0.2, 0) is 14.8 Å². The van der Waals surface area contributed by atoms with Gasteiger partial charge in [-0.25, -0.2) is 8.42 Å². The van der Waals surface area contributed by atoms with E-state index in [0.717, 1.165) is 37.3 Å². The minimum Gasteiger partial charge on any atom is -0.379 e. The Hall–Kier alpha value is -2.49. The summed E-state index contributed by atoms with van der Waals surface area (Å²) in [5.41, 5.74) is 2.58. The monoisotopic (exact) mass is 430 g/mol. The maximum atomic E-state index is 13.1. The Kier molecular flexibility index (Phi) is 6.03. The van der Waals surface area contributed by atoms with E-state index in [9.17, 15) is 13.2 Å². The van der Waals surface area contributed by atoms with E-state index in [0.29, 0.717) is 37.6 Å². The van der Waals surface area contributed by atoms with Gasteiger partial charge in [-0.05, 0) is 50.1 Å². The van der Waals surface area contributed by atoms with E-state index in [1.165, 1.54) is 10.5 Å². The summed E-state index contributed by atoms with van der Waals surface area (Å²) in [6.07, 6.45) is 3.67. The molecule has 2 aliphatic heterocycles. The Balaban J connectivity index is 1.67. The predicted molar refractivity (Wildman–Crippen MR) is 114 cm³/mol. The highest BCUT2D eigenvalue weighted by Gasteiger charge is 2.28. The molecule has 1 aromatic carbocycles. The van der Waals surface area contributed by atoms with Gasteiger partial charge in [-0.1, -0.05) is 0 Å². The van der Waals surface area contributed by atoms with Crippen LogP contribution in [0.5, 0.6) is 0 Å². The molecule has 0 spiro atoms. The molecule has 2 fully saturated rings. The summed E-state index contributed by atoms with van der Waals surface area (Å²) in [5, 5.41) is 2.91. The maximum absolute atomic E-state index is 13.1. The van der Waals surface area contributed by atoms with Crippen LogP contribution in [0.2, 0.25) is 0 Å². The Labute approximate surface area is 176 Å². The Morgan fingerprint density at radius 3 is 2.47 bits per heavy atom. The lowest BCUT2D eigenvalue weighted by Crippen LogP contribution is -2.40. The number of hydrogen-bond donors (Lipinski definition) is 1. The summed E-state index contributed by atoms with van der Waals surface area (Å²) in [4.78, 5) is 19.3. The fourth-order valence-corrected chi connectivity index (χ4v) is 5.18. The van der Waals surface area contributed by atoms with Gasteiger partial charge in [0, 0.05) is 38.1 Å². The number of sulfonamides is 1. The third kappa shape index (κ3) is 4.33. The van der Waals surface area contributed by atoms with Gasteiger partial charge in [-0.15, -0.1) is 0 Å². The van der Waals surface area contributed by atoms with Crippen LogP contribution in [0.25, 0.3) is 0 Å². The smallest absolute Gasteiger partial charge is 0.257 e. The lowest BCUT2D eigenvalue weighted by molar-refractivity contribution is 0.0730. The van der Waals surface area contributed by atoms with Gasteiger partial charge in [0.1, 0.15) is 0 Å². The van der Waals surface area contributed by atoms with E-state index in [1.54, 1.807) is 30.3 Å². The van der Waals surface area contributed by atoms with Crippen LogP contribution in [0.4, 0.5) is 11.4 Å². The van der Waals surface area contributed by atoms with Crippen molar-refractivity contribution in [2.45, 2.75) is 24.7 Å². The van der Waals surface area contributed by atoms with Crippen molar-refractivity contribution in [3.8, 4) is 0 Å². The van der Waals surface area contributed by atoms with E-state index in [1.807, 2.05) is 6.92 Å². The third-order valence-corrected chi connectivity index (χ3v) is 7.34. The van der Waals surface area contributed by atoms with Crippen molar-refractivity contribution < 1.29 is 17.9 Å². The third-order valence-electron chi connectivity index (χ3n) is 5.44. The van der Waals surface area contributed by atoms with Gasteiger partial charge in [0.25, 0.3) is 5.91 Å². The molecule has 3 heterocycles. The molecule has 0 radical (unpaired) electrons. The molecular formula is C21H26N4O4S. The maximum Gasteiger partial charge on any atom is 0.257 e. The highest BCUT2D eigenvalue weighted by Crippen LogP contribution is 2.32. The lowest BCUT2D eigenvalue weighted by Gasteiger charge is -2.27. The van der Waals surface area contributed by atoms with Crippen LogP contribution in [0.3, 0.4) is 0 Å². The minimum atomic E-state index is -3.66. The first-order valence-electron chi connectivity index (χ1n) is 10.2. The quantitative estimate of drug-likeness (QED) is 0.782. The molecule has 1 aromatic heterocycles. The number of carbonyl (C=O) groups excluding carboxylic acids is 1. The average Bonchev–Trinajstić information content (AvgIpc) is 3.29. The number of amides is 1. The number of pyridine rings is 1. The number of ether oxygens (including phenoxy) is 1. The van der Waals surface area contributed by atoms with Crippen LogP contribution >= 0.6 is 0 Å². The van der Waals surface area contributed by atoms with E-state index in [-0.39, 0.29) is 10.8 Å². The van der Waals surface area contributed by atoms with E-state index < -0.39 is 10.0 Å². The van der Waals surface area contributed by atoms with Gasteiger partial charge in [-0.3, -0.25) is 9.78 Å². The first-order chi connectivity index (χ1) is 14.4. The topological polar surface area (TPSA) is 91.8 Å². The molecule has 0 unspecified atom stereocenters. The van der Waals surface area contributed by atoms with Crippen LogP contribution in [0.1, 0.15) is 28.9 Å². The second-order valence-corrected chi connectivity index (χ2v) is 9.47. The van der Waals surface area contributed by atoms with Crippen molar-refractivity contribution in [2.24, 2.45) is 0 Å². The summed E-state index contributed by atoms with van der Waals surface area (Å²) in [6, 6.07) is 8.47. The van der Waals surface area contributed by atoms with Crippen LogP contribution in [0.15, 0.2) is 41.4 Å². The average molecular weight is 431 g/mol. The van der Waals surface area contributed by atoms with Gasteiger partial charge in [-0.2, -0.15) is 4.31 Å². The van der Waals surface area contributed by atoms with Gasteiger partial charge in [0.05, 0.1) is 35.0 Å². The second-order valence-electron chi connectivity index (χ2n) is 7.53. The molecule has 4 rings (SSSR count). The first-order valence-corrected chi connectivity index (χ1v) is 11.6. The number of benzene rings is 1. The molecule has 30 heavy (non-hydrogen) atoms. The molecule has 1 amide bonds. The van der Waals surface area contributed by atoms with E-state index >= 15 is 0 Å². The number of morpholine rings is 1. The molecule has 2 aromatic rings. The number of hydrogen-bond acceptors (Lipinski definition) is 6. The van der Waals surface area contributed by atoms with Crippen molar-refractivity contribution in [3.63, 3.8) is 0 Å². The summed E-state index contributed by atoms with van der Waals surface area (Å²) in [5.74, 6) is -0.316. The Morgan fingerprint density at radius 2 is 1.80 bits per heavy atom. The number of aromatic nitrogens is 1. The van der Waals surface area contributed by atoms with Crippen molar-refractivity contribution in [2.75, 3.05) is 49.6 Å². The number of rotatable bonds is 5. The van der Waals surface area contributed by atoms with Crippen molar-refractivity contribution in [1.82, 2.24) is 9.29 Å². The summed E-state index contributed by atoms with van der Waals surface area (Å²) < 4.78 is 32.9. The predicted octanol–water partition coefficient (Wildman–Crippen LogP) is 2.26. The van der Waals surface area contributed by atoms with Crippen LogP contribution in [0, 0.1) is 6.92 Å². The van der Waals surface area contributed by atoms with Crippen LogP contribution < -0.4 is 10.2 Å². The molecular weight excluding hydrogens is 404 g/mol. The summed E-state index contributed by atoms with van der Waals surface area (Å²) >= 11 is 0. The van der Waals surface area contributed by atoms with Crippen molar-refractivity contribution in [1.29, 1.82) is 0 Å².